The van der Waals surface area contributed by atoms with Gasteiger partial charge in [0.1, 0.15) is 12.4 Å². The number of carbonyl (C=O) groups is 1. The van der Waals surface area contributed by atoms with Gasteiger partial charge in [0, 0.05) is 12.1 Å². The van der Waals surface area contributed by atoms with Crippen molar-refractivity contribution in [3.63, 3.8) is 0 Å². The summed E-state index contributed by atoms with van der Waals surface area (Å²) in [6, 6.07) is 27.1. The van der Waals surface area contributed by atoms with Gasteiger partial charge in [0.05, 0.1) is 18.3 Å². The highest BCUT2D eigenvalue weighted by atomic mass is 16.6. The fourth-order valence-corrected chi connectivity index (χ4v) is 5.22. The monoisotopic (exact) mass is 493 g/mol. The maximum absolute atomic E-state index is 13.9. The Morgan fingerprint density at radius 2 is 1.54 bits per heavy atom. The summed E-state index contributed by atoms with van der Waals surface area (Å²) in [4.78, 5) is 33.8. The summed E-state index contributed by atoms with van der Waals surface area (Å²) in [7, 11) is 0. The number of hydrogen-bond donors (Lipinski definition) is 0. The molecule has 2 aliphatic rings. The van der Waals surface area contributed by atoms with Crippen molar-refractivity contribution in [3.8, 4) is 11.5 Å². The number of ether oxygens (including phenoxy) is 2. The standard InChI is InChI=1S/C30H27N3O4/c1-20-31-24-18-32(30(35)27-19-36-25-14-8-9-15-26(25)37-27)17-16-23(24)29(34)33(20)28(21-10-4-2-5-11-21)22-12-6-3-7-13-22/h2-15,27-28H,16-19H2,1H3. The number of benzene rings is 3. The van der Waals surface area contributed by atoms with Gasteiger partial charge in [-0.2, -0.15) is 0 Å². The van der Waals surface area contributed by atoms with Crippen molar-refractivity contribution in [1.29, 1.82) is 0 Å². The van der Waals surface area contributed by atoms with Gasteiger partial charge in [0.2, 0.25) is 6.10 Å². The molecule has 0 saturated carbocycles. The van der Waals surface area contributed by atoms with Crippen LogP contribution in [0.15, 0.2) is 89.7 Å². The highest BCUT2D eigenvalue weighted by Gasteiger charge is 2.34. The average molecular weight is 494 g/mol. The Morgan fingerprint density at radius 1 is 0.919 bits per heavy atom. The zero-order valence-corrected chi connectivity index (χ0v) is 20.5. The second-order valence-corrected chi connectivity index (χ2v) is 9.36. The Bertz CT molecular complexity index is 1460. The summed E-state index contributed by atoms with van der Waals surface area (Å²) < 4.78 is 13.5. The Hall–Kier alpha value is -4.39. The number of fused-ring (bicyclic) bond motifs is 2. The van der Waals surface area contributed by atoms with Crippen molar-refractivity contribution in [2.45, 2.75) is 32.0 Å². The minimum absolute atomic E-state index is 0.0570. The van der Waals surface area contributed by atoms with Gasteiger partial charge >= 0.3 is 0 Å². The van der Waals surface area contributed by atoms with E-state index in [1.54, 1.807) is 15.5 Å². The first-order chi connectivity index (χ1) is 18.1. The molecule has 0 fully saturated rings. The first-order valence-electron chi connectivity index (χ1n) is 12.5. The number of amides is 1. The van der Waals surface area contributed by atoms with Crippen LogP contribution < -0.4 is 15.0 Å². The molecule has 4 aromatic rings. The summed E-state index contributed by atoms with van der Waals surface area (Å²) in [6.07, 6.45) is -0.286. The normalized spacial score (nSPS) is 16.4. The van der Waals surface area contributed by atoms with E-state index in [1.807, 2.05) is 85.8 Å². The molecule has 0 aliphatic carbocycles. The zero-order chi connectivity index (χ0) is 25.4. The number of aryl methyl sites for hydroxylation is 1. The molecule has 1 aromatic heterocycles. The van der Waals surface area contributed by atoms with Crippen LogP contribution in [-0.2, 0) is 17.8 Å². The van der Waals surface area contributed by atoms with Gasteiger partial charge in [-0.05, 0) is 36.6 Å². The molecule has 1 atom stereocenters. The van der Waals surface area contributed by atoms with Crippen LogP contribution in [0.25, 0.3) is 0 Å². The second-order valence-electron chi connectivity index (χ2n) is 9.36. The third kappa shape index (κ3) is 4.27. The predicted molar refractivity (Wildman–Crippen MR) is 139 cm³/mol. The molecule has 37 heavy (non-hydrogen) atoms. The number of para-hydroxylation sites is 2. The summed E-state index contributed by atoms with van der Waals surface area (Å²) in [6.45, 7) is 2.71. The summed E-state index contributed by atoms with van der Waals surface area (Å²) in [5, 5.41) is 0. The van der Waals surface area contributed by atoms with Gasteiger partial charge < -0.3 is 14.4 Å². The predicted octanol–water partition coefficient (Wildman–Crippen LogP) is 3.91. The highest BCUT2D eigenvalue weighted by Crippen LogP contribution is 2.32. The SMILES string of the molecule is Cc1nc2c(c(=O)n1C(c1ccccc1)c1ccccc1)CCN(C(=O)C1COc3ccccc3O1)C2. The van der Waals surface area contributed by atoms with Crippen molar-refractivity contribution >= 4 is 5.91 Å². The molecule has 3 aromatic carbocycles. The fourth-order valence-electron chi connectivity index (χ4n) is 5.22. The Morgan fingerprint density at radius 3 is 2.22 bits per heavy atom. The summed E-state index contributed by atoms with van der Waals surface area (Å²) in [5.74, 6) is 1.66. The van der Waals surface area contributed by atoms with Crippen molar-refractivity contribution in [2.75, 3.05) is 13.2 Å². The lowest BCUT2D eigenvalue weighted by molar-refractivity contribution is -0.142. The van der Waals surface area contributed by atoms with Gasteiger partial charge in [-0.25, -0.2) is 4.98 Å². The van der Waals surface area contributed by atoms with Crippen LogP contribution in [0.5, 0.6) is 11.5 Å². The lowest BCUT2D eigenvalue weighted by Gasteiger charge is -2.34. The molecule has 0 N–H and O–H groups in total. The smallest absolute Gasteiger partial charge is 0.267 e. The van der Waals surface area contributed by atoms with E-state index in [9.17, 15) is 9.59 Å². The highest BCUT2D eigenvalue weighted by molar-refractivity contribution is 5.82. The van der Waals surface area contributed by atoms with Crippen molar-refractivity contribution in [1.82, 2.24) is 14.5 Å². The first kappa shape index (κ1) is 23.0. The summed E-state index contributed by atoms with van der Waals surface area (Å²) >= 11 is 0. The minimum Gasteiger partial charge on any atom is -0.485 e. The third-order valence-electron chi connectivity index (χ3n) is 7.03. The third-order valence-corrected chi connectivity index (χ3v) is 7.03. The number of nitrogens with zero attached hydrogens (tertiary/aromatic N) is 3. The van der Waals surface area contributed by atoms with E-state index in [0.717, 1.165) is 11.1 Å². The maximum atomic E-state index is 13.9. The molecule has 0 saturated heterocycles. The molecule has 2 aliphatic heterocycles. The van der Waals surface area contributed by atoms with E-state index in [1.165, 1.54) is 0 Å². The molecular weight excluding hydrogens is 466 g/mol. The topological polar surface area (TPSA) is 73.7 Å². The van der Waals surface area contributed by atoms with Crippen LogP contribution in [0.1, 0.15) is 34.3 Å². The van der Waals surface area contributed by atoms with E-state index in [4.69, 9.17) is 14.5 Å². The Balaban J connectivity index is 1.31. The van der Waals surface area contributed by atoms with Crippen LogP contribution in [-0.4, -0.2) is 39.6 Å². The number of aromatic nitrogens is 2. The molecule has 1 unspecified atom stereocenters. The van der Waals surface area contributed by atoms with Crippen LogP contribution in [0.4, 0.5) is 0 Å². The number of carbonyl (C=O) groups excluding carboxylic acids is 1. The van der Waals surface area contributed by atoms with E-state index < -0.39 is 6.10 Å². The molecule has 6 rings (SSSR count). The van der Waals surface area contributed by atoms with Crippen LogP contribution in [0.3, 0.4) is 0 Å². The first-order valence-corrected chi connectivity index (χ1v) is 12.5. The van der Waals surface area contributed by atoms with E-state index >= 15 is 0 Å². The Labute approximate surface area is 214 Å². The summed E-state index contributed by atoms with van der Waals surface area (Å²) in [5.41, 5.74) is 3.29. The van der Waals surface area contributed by atoms with Crippen LogP contribution in [0.2, 0.25) is 0 Å². The molecule has 7 nitrogen and oxygen atoms in total. The fraction of sp³-hybridized carbons (Fsp3) is 0.233. The van der Waals surface area contributed by atoms with Gasteiger partial charge in [0.15, 0.2) is 11.5 Å². The minimum atomic E-state index is -0.724. The van der Waals surface area contributed by atoms with Crippen molar-refractivity contribution < 1.29 is 14.3 Å². The van der Waals surface area contributed by atoms with E-state index in [0.29, 0.717) is 41.5 Å². The van der Waals surface area contributed by atoms with Crippen molar-refractivity contribution in [3.05, 3.63) is 123 Å². The lowest BCUT2D eigenvalue weighted by atomic mass is 9.97. The quantitative estimate of drug-likeness (QED) is 0.431. The molecule has 0 spiro atoms. The van der Waals surface area contributed by atoms with Gasteiger partial charge in [-0.15, -0.1) is 0 Å². The number of hydrogen-bond acceptors (Lipinski definition) is 5. The van der Waals surface area contributed by atoms with Crippen LogP contribution >= 0.6 is 0 Å². The Kier molecular flexibility index (Phi) is 5.96. The maximum Gasteiger partial charge on any atom is 0.267 e. The van der Waals surface area contributed by atoms with Crippen LogP contribution in [0, 0.1) is 6.92 Å². The molecule has 186 valence electrons. The number of rotatable bonds is 4. The largest absolute Gasteiger partial charge is 0.485 e. The van der Waals surface area contributed by atoms with Gasteiger partial charge in [-0.1, -0.05) is 72.8 Å². The zero-order valence-electron chi connectivity index (χ0n) is 20.5. The van der Waals surface area contributed by atoms with E-state index in [-0.39, 0.29) is 30.7 Å². The molecule has 3 heterocycles. The molecule has 1 amide bonds. The molecule has 0 radical (unpaired) electrons. The second kappa shape index (κ2) is 9.58. The lowest BCUT2D eigenvalue weighted by Crippen LogP contribution is -2.49. The van der Waals surface area contributed by atoms with Crippen molar-refractivity contribution in [2.24, 2.45) is 0 Å². The molecule has 7 heteroatoms. The van der Waals surface area contributed by atoms with E-state index in [2.05, 4.69) is 0 Å². The molecular formula is C30H27N3O4. The molecule has 0 bridgehead atoms. The average Bonchev–Trinajstić information content (AvgIpc) is 2.95. The van der Waals surface area contributed by atoms with Gasteiger partial charge in [0.25, 0.3) is 11.5 Å². The van der Waals surface area contributed by atoms with Gasteiger partial charge in [-0.3, -0.25) is 14.2 Å².